The Balaban J connectivity index is 1.60. The van der Waals surface area contributed by atoms with Gasteiger partial charge in [-0.2, -0.15) is 0 Å². The number of hydrogen-bond acceptors (Lipinski definition) is 3. The van der Waals surface area contributed by atoms with E-state index in [1.807, 2.05) is 12.4 Å². The number of nitrogens with zero attached hydrogens (tertiary/aromatic N) is 3. The highest BCUT2D eigenvalue weighted by molar-refractivity contribution is 5.81. The topological polar surface area (TPSA) is 38.1 Å². The predicted molar refractivity (Wildman–Crippen MR) is 73.6 cm³/mol. The summed E-state index contributed by atoms with van der Waals surface area (Å²) in [6, 6.07) is 0. The van der Waals surface area contributed by atoms with Crippen LogP contribution in [0.15, 0.2) is 12.4 Å². The lowest BCUT2D eigenvalue weighted by molar-refractivity contribution is -0.126. The lowest BCUT2D eigenvalue weighted by atomic mass is 9.79. The van der Waals surface area contributed by atoms with E-state index in [2.05, 4.69) is 21.4 Å². The second-order valence-electron chi connectivity index (χ2n) is 5.98. The summed E-state index contributed by atoms with van der Waals surface area (Å²) >= 11 is 0. The Hall–Kier alpha value is -1.16. The zero-order valence-corrected chi connectivity index (χ0v) is 11.7. The molecule has 0 radical (unpaired) electrons. The molecule has 4 nitrogen and oxygen atoms in total. The molecule has 2 aliphatic rings. The van der Waals surface area contributed by atoms with Gasteiger partial charge < -0.3 is 4.57 Å². The van der Waals surface area contributed by atoms with Gasteiger partial charge in [0.15, 0.2) is 0 Å². The zero-order chi connectivity index (χ0) is 13.2. The van der Waals surface area contributed by atoms with Crippen molar-refractivity contribution in [3.05, 3.63) is 18.2 Å². The first-order chi connectivity index (χ1) is 9.26. The van der Waals surface area contributed by atoms with E-state index in [0.29, 0.717) is 5.78 Å². The molecule has 1 aromatic rings. The number of hydrogen-bond donors (Lipinski definition) is 0. The minimum Gasteiger partial charge on any atom is -0.333 e. The third-order valence-corrected chi connectivity index (χ3v) is 4.75. The number of carbonyl (C=O) groups excluding carboxylic acids is 1. The number of Topliss-reactive ketones (excluding diaryl/α,β-unsaturated/α-hetero) is 1. The molecule has 4 heteroatoms. The van der Waals surface area contributed by atoms with Crippen molar-refractivity contribution in [1.82, 2.24) is 14.5 Å². The van der Waals surface area contributed by atoms with Crippen molar-refractivity contribution in [2.45, 2.75) is 45.7 Å². The fourth-order valence-corrected chi connectivity index (χ4v) is 3.44. The molecule has 0 amide bonds. The molecule has 1 aliphatic heterocycles. The molecular formula is C15H23N3O. The van der Waals surface area contributed by atoms with Crippen LogP contribution >= 0.6 is 0 Å². The number of rotatable bonds is 3. The van der Waals surface area contributed by atoms with Crippen LogP contribution < -0.4 is 0 Å². The van der Waals surface area contributed by atoms with Gasteiger partial charge in [-0.05, 0) is 18.8 Å². The van der Waals surface area contributed by atoms with Gasteiger partial charge in [-0.1, -0.05) is 13.3 Å². The van der Waals surface area contributed by atoms with E-state index in [0.717, 1.165) is 57.2 Å². The first-order valence-corrected chi connectivity index (χ1v) is 7.51. The lowest BCUT2D eigenvalue weighted by Crippen LogP contribution is -2.40. The largest absolute Gasteiger partial charge is 0.333 e. The lowest BCUT2D eigenvalue weighted by Gasteiger charge is -2.34. The second kappa shape index (κ2) is 5.45. The number of aromatic nitrogens is 2. The molecule has 2 unspecified atom stereocenters. The van der Waals surface area contributed by atoms with E-state index < -0.39 is 0 Å². The van der Waals surface area contributed by atoms with Gasteiger partial charge in [0.05, 0.1) is 6.54 Å². The van der Waals surface area contributed by atoms with Crippen LogP contribution in [-0.2, 0) is 17.9 Å². The Morgan fingerprint density at radius 1 is 1.42 bits per heavy atom. The van der Waals surface area contributed by atoms with Crippen LogP contribution in [0.25, 0.3) is 0 Å². The molecule has 0 saturated heterocycles. The number of fused-ring (bicyclic) bond motifs is 1. The molecule has 3 rings (SSSR count). The number of carbonyl (C=O) groups is 1. The molecule has 0 bridgehead atoms. The van der Waals surface area contributed by atoms with Crippen LogP contribution in [0, 0.1) is 11.8 Å². The van der Waals surface area contributed by atoms with Gasteiger partial charge in [0.2, 0.25) is 0 Å². The van der Waals surface area contributed by atoms with Crippen LogP contribution in [0.3, 0.4) is 0 Å². The van der Waals surface area contributed by atoms with E-state index >= 15 is 0 Å². The van der Waals surface area contributed by atoms with Gasteiger partial charge in [-0.3, -0.25) is 9.69 Å². The Morgan fingerprint density at radius 2 is 2.32 bits per heavy atom. The summed E-state index contributed by atoms with van der Waals surface area (Å²) in [5.41, 5.74) is 0. The van der Waals surface area contributed by atoms with Crippen LogP contribution in [0.1, 0.15) is 38.4 Å². The summed E-state index contributed by atoms with van der Waals surface area (Å²) in [5, 5.41) is 0. The highest BCUT2D eigenvalue weighted by Gasteiger charge is 2.30. The van der Waals surface area contributed by atoms with Crippen LogP contribution in [0.5, 0.6) is 0 Å². The van der Waals surface area contributed by atoms with E-state index in [1.165, 1.54) is 6.42 Å². The monoisotopic (exact) mass is 261 g/mol. The minimum atomic E-state index is 0.264. The summed E-state index contributed by atoms with van der Waals surface area (Å²) in [5.74, 6) is 2.65. The first kappa shape index (κ1) is 12.9. The van der Waals surface area contributed by atoms with Crippen molar-refractivity contribution >= 4 is 5.78 Å². The third-order valence-electron chi connectivity index (χ3n) is 4.75. The Morgan fingerprint density at radius 3 is 3.16 bits per heavy atom. The molecule has 0 spiro atoms. The minimum absolute atomic E-state index is 0.264. The van der Waals surface area contributed by atoms with Crippen LogP contribution in [0.2, 0.25) is 0 Å². The highest BCUT2D eigenvalue weighted by Crippen LogP contribution is 2.29. The highest BCUT2D eigenvalue weighted by atomic mass is 16.1. The van der Waals surface area contributed by atoms with Gasteiger partial charge in [0, 0.05) is 44.4 Å². The van der Waals surface area contributed by atoms with Crippen molar-refractivity contribution in [3.8, 4) is 0 Å². The molecule has 2 atom stereocenters. The summed E-state index contributed by atoms with van der Waals surface area (Å²) < 4.78 is 2.22. The maximum atomic E-state index is 12.1. The molecule has 0 N–H and O–H groups in total. The predicted octanol–water partition coefficient (Wildman–Crippen LogP) is 2.09. The Labute approximate surface area is 114 Å². The summed E-state index contributed by atoms with van der Waals surface area (Å²) in [7, 11) is 0. The second-order valence-corrected chi connectivity index (χ2v) is 5.98. The zero-order valence-electron chi connectivity index (χ0n) is 11.7. The molecule has 2 heterocycles. The number of ketones is 1. The molecule has 19 heavy (non-hydrogen) atoms. The van der Waals surface area contributed by atoms with Crippen molar-refractivity contribution in [2.24, 2.45) is 11.8 Å². The molecule has 104 valence electrons. The summed E-state index contributed by atoms with van der Waals surface area (Å²) in [4.78, 5) is 18.9. The van der Waals surface area contributed by atoms with Crippen molar-refractivity contribution in [2.75, 3.05) is 13.1 Å². The molecule has 1 aliphatic carbocycles. The standard InChI is InChI=1S/C15H23N3O/c1-2-12-3-4-14(19)13(9-12)10-17-7-8-18-6-5-16-15(18)11-17/h5-6,12-13H,2-4,7-11H2,1H3. The van der Waals surface area contributed by atoms with Crippen LogP contribution in [-0.4, -0.2) is 33.3 Å². The fraction of sp³-hybridized carbons (Fsp3) is 0.733. The Bertz CT molecular complexity index is 454. The van der Waals surface area contributed by atoms with E-state index in [9.17, 15) is 4.79 Å². The first-order valence-electron chi connectivity index (χ1n) is 7.51. The molecule has 1 fully saturated rings. The normalized spacial score (nSPS) is 28.4. The van der Waals surface area contributed by atoms with Gasteiger partial charge in [-0.25, -0.2) is 4.98 Å². The van der Waals surface area contributed by atoms with Gasteiger partial charge in [0.25, 0.3) is 0 Å². The SMILES string of the molecule is CCC1CCC(=O)C(CN2CCn3ccnc3C2)C1. The summed E-state index contributed by atoms with van der Waals surface area (Å²) in [6.07, 6.45) is 8.14. The quantitative estimate of drug-likeness (QED) is 0.836. The molecular weight excluding hydrogens is 238 g/mol. The summed E-state index contributed by atoms with van der Waals surface area (Å²) in [6.45, 7) is 6.13. The van der Waals surface area contributed by atoms with Gasteiger partial charge in [0.1, 0.15) is 11.6 Å². The average Bonchev–Trinajstić information content (AvgIpc) is 2.89. The molecule has 1 aromatic heterocycles. The van der Waals surface area contributed by atoms with Gasteiger partial charge >= 0.3 is 0 Å². The van der Waals surface area contributed by atoms with Crippen LogP contribution in [0.4, 0.5) is 0 Å². The van der Waals surface area contributed by atoms with E-state index in [-0.39, 0.29) is 5.92 Å². The molecule has 1 saturated carbocycles. The number of imidazole rings is 1. The van der Waals surface area contributed by atoms with E-state index in [1.54, 1.807) is 0 Å². The third kappa shape index (κ3) is 2.73. The average molecular weight is 261 g/mol. The molecule has 0 aromatic carbocycles. The van der Waals surface area contributed by atoms with Crippen molar-refractivity contribution < 1.29 is 4.79 Å². The maximum Gasteiger partial charge on any atom is 0.137 e. The van der Waals surface area contributed by atoms with E-state index in [4.69, 9.17) is 0 Å². The maximum absolute atomic E-state index is 12.1. The van der Waals surface area contributed by atoms with Crippen molar-refractivity contribution in [3.63, 3.8) is 0 Å². The fourth-order valence-electron chi connectivity index (χ4n) is 3.44. The van der Waals surface area contributed by atoms with Crippen molar-refractivity contribution in [1.29, 1.82) is 0 Å². The Kier molecular flexibility index (Phi) is 3.69. The van der Waals surface area contributed by atoms with Gasteiger partial charge in [-0.15, -0.1) is 0 Å². The smallest absolute Gasteiger partial charge is 0.137 e.